The number of benzene rings is 2. The lowest BCUT2D eigenvalue weighted by atomic mass is 9.97. The van der Waals surface area contributed by atoms with Crippen LogP contribution in [0, 0.1) is 5.92 Å². The monoisotopic (exact) mass is 406 g/mol. The van der Waals surface area contributed by atoms with E-state index in [4.69, 9.17) is 9.72 Å². The summed E-state index contributed by atoms with van der Waals surface area (Å²) in [5.41, 5.74) is 3.19. The first-order valence-corrected chi connectivity index (χ1v) is 10.7. The third-order valence-electron chi connectivity index (χ3n) is 5.81. The zero-order chi connectivity index (χ0) is 20.9. The van der Waals surface area contributed by atoms with Crippen LogP contribution >= 0.6 is 0 Å². The second-order valence-electron chi connectivity index (χ2n) is 8.12. The molecular formula is C24H30N4O2. The molecular weight excluding hydrogens is 376 g/mol. The molecule has 1 aliphatic rings. The summed E-state index contributed by atoms with van der Waals surface area (Å²) in [6, 6.07) is 16.1. The molecule has 0 radical (unpaired) electrons. The molecule has 1 aromatic heterocycles. The summed E-state index contributed by atoms with van der Waals surface area (Å²) < 4.78 is 5.45. The number of rotatable bonds is 6. The van der Waals surface area contributed by atoms with E-state index in [-0.39, 0.29) is 11.8 Å². The Morgan fingerprint density at radius 3 is 2.73 bits per heavy atom. The molecule has 158 valence electrons. The fraction of sp³-hybridized carbons (Fsp3) is 0.417. The van der Waals surface area contributed by atoms with Gasteiger partial charge in [0.2, 0.25) is 11.9 Å². The van der Waals surface area contributed by atoms with E-state index in [0.29, 0.717) is 6.42 Å². The third kappa shape index (κ3) is 4.58. The van der Waals surface area contributed by atoms with E-state index < -0.39 is 0 Å². The van der Waals surface area contributed by atoms with Gasteiger partial charge in [-0.25, -0.2) is 4.98 Å². The second-order valence-corrected chi connectivity index (χ2v) is 8.12. The van der Waals surface area contributed by atoms with Gasteiger partial charge in [-0.05, 0) is 42.5 Å². The maximum Gasteiger partial charge on any atom is 0.222 e. The van der Waals surface area contributed by atoms with Crippen molar-refractivity contribution >= 4 is 22.9 Å². The number of fused-ring (bicyclic) bond motifs is 1. The van der Waals surface area contributed by atoms with Gasteiger partial charge in [-0.2, -0.15) is 0 Å². The Bertz CT molecular complexity index is 967. The minimum atomic E-state index is 0.240. The molecule has 2 heterocycles. The van der Waals surface area contributed by atoms with Crippen molar-refractivity contribution in [1.29, 1.82) is 0 Å². The van der Waals surface area contributed by atoms with Crippen molar-refractivity contribution in [3.05, 3.63) is 54.1 Å². The molecule has 0 saturated carbocycles. The number of amides is 1. The van der Waals surface area contributed by atoms with Crippen molar-refractivity contribution < 1.29 is 9.53 Å². The van der Waals surface area contributed by atoms with Gasteiger partial charge in [0.15, 0.2) is 0 Å². The lowest BCUT2D eigenvalue weighted by Gasteiger charge is -2.23. The predicted octanol–water partition coefficient (Wildman–Crippen LogP) is 3.88. The number of methoxy groups -OCH3 is 1. The number of nitrogens with zero attached hydrogens (tertiary/aromatic N) is 3. The normalized spacial score (nSPS) is 15.8. The molecule has 6 nitrogen and oxygen atoms in total. The van der Waals surface area contributed by atoms with Crippen LogP contribution in [-0.4, -0.2) is 54.1 Å². The molecule has 0 bridgehead atoms. The van der Waals surface area contributed by atoms with E-state index in [1.54, 1.807) is 7.11 Å². The molecule has 1 N–H and O–H groups in total. The van der Waals surface area contributed by atoms with E-state index >= 15 is 0 Å². The summed E-state index contributed by atoms with van der Waals surface area (Å²) in [6.45, 7) is 5.38. The largest absolute Gasteiger partial charge is 0.496 e. The predicted molar refractivity (Wildman–Crippen MR) is 120 cm³/mol. The SMILES string of the molecule is COc1ccccc1CC(C)CC(=O)N1CCCN(c2nc3ccccc3[nH]2)CC1. The average Bonchev–Trinajstić information content (AvgIpc) is 3.03. The lowest BCUT2D eigenvalue weighted by molar-refractivity contribution is -0.131. The Labute approximate surface area is 177 Å². The van der Waals surface area contributed by atoms with Gasteiger partial charge in [-0.3, -0.25) is 4.79 Å². The van der Waals surface area contributed by atoms with Gasteiger partial charge in [0.05, 0.1) is 18.1 Å². The number of carbonyl (C=O) groups is 1. The molecule has 4 rings (SSSR count). The smallest absolute Gasteiger partial charge is 0.222 e. The highest BCUT2D eigenvalue weighted by molar-refractivity contribution is 5.78. The molecule has 1 atom stereocenters. The standard InChI is InChI=1S/C24H30N4O2/c1-18(16-19-8-3-6-11-22(19)30-2)17-23(29)27-12-7-13-28(15-14-27)24-25-20-9-4-5-10-21(20)26-24/h3-6,8-11,18H,7,12-17H2,1-2H3,(H,25,26). The van der Waals surface area contributed by atoms with Gasteiger partial charge >= 0.3 is 0 Å². The van der Waals surface area contributed by atoms with Crippen molar-refractivity contribution in [3.8, 4) is 5.75 Å². The minimum absolute atomic E-state index is 0.240. The second kappa shape index (κ2) is 9.20. The molecule has 3 aromatic rings. The summed E-state index contributed by atoms with van der Waals surface area (Å²) in [7, 11) is 1.69. The maximum absolute atomic E-state index is 12.9. The lowest BCUT2D eigenvalue weighted by Crippen LogP contribution is -2.36. The summed E-state index contributed by atoms with van der Waals surface area (Å²) in [6.07, 6.45) is 2.35. The first kappa shape index (κ1) is 20.3. The Morgan fingerprint density at radius 1 is 1.10 bits per heavy atom. The fourth-order valence-corrected chi connectivity index (χ4v) is 4.21. The van der Waals surface area contributed by atoms with Crippen LogP contribution in [0.2, 0.25) is 0 Å². The topological polar surface area (TPSA) is 61.5 Å². The number of hydrogen-bond acceptors (Lipinski definition) is 4. The zero-order valence-electron chi connectivity index (χ0n) is 17.8. The molecule has 30 heavy (non-hydrogen) atoms. The van der Waals surface area contributed by atoms with Crippen molar-refractivity contribution in [2.45, 2.75) is 26.2 Å². The van der Waals surface area contributed by atoms with Gasteiger partial charge in [-0.1, -0.05) is 37.3 Å². The van der Waals surface area contributed by atoms with Crippen LogP contribution in [0.3, 0.4) is 0 Å². The van der Waals surface area contributed by atoms with Crippen LogP contribution in [0.25, 0.3) is 11.0 Å². The number of anilines is 1. The van der Waals surface area contributed by atoms with Crippen LogP contribution in [0.15, 0.2) is 48.5 Å². The molecule has 1 amide bonds. The first-order chi connectivity index (χ1) is 14.6. The van der Waals surface area contributed by atoms with Gasteiger partial charge in [-0.15, -0.1) is 0 Å². The number of aromatic amines is 1. The number of para-hydroxylation sites is 3. The molecule has 1 saturated heterocycles. The van der Waals surface area contributed by atoms with Gasteiger partial charge in [0.25, 0.3) is 0 Å². The highest BCUT2D eigenvalue weighted by Crippen LogP contribution is 2.23. The number of hydrogen-bond donors (Lipinski definition) is 1. The third-order valence-corrected chi connectivity index (χ3v) is 5.81. The molecule has 0 spiro atoms. The van der Waals surface area contributed by atoms with Gasteiger partial charge in [0.1, 0.15) is 5.75 Å². The molecule has 1 fully saturated rings. The Hall–Kier alpha value is -3.02. The summed E-state index contributed by atoms with van der Waals surface area (Å²) in [5.74, 6) is 2.30. The van der Waals surface area contributed by atoms with Crippen LogP contribution in [-0.2, 0) is 11.2 Å². The Balaban J connectivity index is 1.34. The number of H-pyrrole nitrogens is 1. The first-order valence-electron chi connectivity index (χ1n) is 10.7. The number of nitrogens with one attached hydrogen (secondary N) is 1. The molecule has 6 heteroatoms. The number of ether oxygens (including phenoxy) is 1. The summed E-state index contributed by atoms with van der Waals surface area (Å²) in [4.78, 5) is 25.3. The van der Waals surface area contributed by atoms with Crippen LogP contribution in [0.5, 0.6) is 5.75 Å². The number of aromatic nitrogens is 2. The van der Waals surface area contributed by atoms with Crippen molar-refractivity contribution in [2.75, 3.05) is 38.2 Å². The number of imidazole rings is 1. The summed E-state index contributed by atoms with van der Waals surface area (Å²) >= 11 is 0. The Kier molecular flexibility index (Phi) is 6.21. The van der Waals surface area contributed by atoms with E-state index in [2.05, 4.69) is 22.9 Å². The molecule has 2 aromatic carbocycles. The van der Waals surface area contributed by atoms with Crippen LogP contribution < -0.4 is 9.64 Å². The van der Waals surface area contributed by atoms with Gasteiger partial charge in [0, 0.05) is 32.6 Å². The minimum Gasteiger partial charge on any atom is -0.496 e. The van der Waals surface area contributed by atoms with Crippen molar-refractivity contribution in [1.82, 2.24) is 14.9 Å². The molecule has 1 unspecified atom stereocenters. The van der Waals surface area contributed by atoms with Crippen LogP contribution in [0.1, 0.15) is 25.3 Å². The maximum atomic E-state index is 12.9. The van der Waals surface area contributed by atoms with Crippen LogP contribution in [0.4, 0.5) is 5.95 Å². The zero-order valence-corrected chi connectivity index (χ0v) is 17.8. The molecule has 0 aliphatic carbocycles. The van der Waals surface area contributed by atoms with E-state index in [1.165, 1.54) is 0 Å². The van der Waals surface area contributed by atoms with E-state index in [1.807, 2.05) is 47.4 Å². The Morgan fingerprint density at radius 2 is 1.90 bits per heavy atom. The van der Waals surface area contributed by atoms with Crippen molar-refractivity contribution in [2.24, 2.45) is 5.92 Å². The average molecular weight is 407 g/mol. The van der Waals surface area contributed by atoms with E-state index in [9.17, 15) is 4.79 Å². The van der Waals surface area contributed by atoms with Crippen molar-refractivity contribution in [3.63, 3.8) is 0 Å². The fourth-order valence-electron chi connectivity index (χ4n) is 4.21. The highest BCUT2D eigenvalue weighted by Gasteiger charge is 2.22. The number of carbonyl (C=O) groups excluding carboxylic acids is 1. The quantitative estimate of drug-likeness (QED) is 0.675. The van der Waals surface area contributed by atoms with E-state index in [0.717, 1.165) is 67.3 Å². The van der Waals surface area contributed by atoms with Gasteiger partial charge < -0.3 is 19.5 Å². The highest BCUT2D eigenvalue weighted by atomic mass is 16.5. The summed E-state index contributed by atoms with van der Waals surface area (Å²) in [5, 5.41) is 0. The molecule has 1 aliphatic heterocycles.